The van der Waals surface area contributed by atoms with E-state index >= 15 is 0 Å². The average Bonchev–Trinajstić information content (AvgIpc) is 2.53. The first-order chi connectivity index (χ1) is 10.6. The first kappa shape index (κ1) is 17.9. The van der Waals surface area contributed by atoms with E-state index in [1.54, 1.807) is 12.1 Å². The molecule has 0 atom stereocenters. The molecule has 1 N–H and O–H groups in total. The van der Waals surface area contributed by atoms with Crippen LogP contribution in [0.5, 0.6) is 0 Å². The van der Waals surface area contributed by atoms with Gasteiger partial charge in [0.2, 0.25) is 0 Å². The van der Waals surface area contributed by atoms with Crippen molar-refractivity contribution in [2.75, 3.05) is 20.1 Å². The first-order valence-corrected chi connectivity index (χ1v) is 7.81. The number of nitro benzene ring substituents is 1. The van der Waals surface area contributed by atoms with Crippen molar-refractivity contribution in [1.29, 1.82) is 0 Å². The first-order valence-electron chi connectivity index (χ1n) is 7.81. The number of aliphatic imine (C=N–C) groups is 1. The number of benzene rings is 1. The van der Waals surface area contributed by atoms with Crippen LogP contribution in [0.25, 0.3) is 0 Å². The maximum Gasteiger partial charge on any atom is 0.269 e. The van der Waals surface area contributed by atoms with Gasteiger partial charge in [0.1, 0.15) is 0 Å². The molecule has 0 saturated carbocycles. The number of guanidine groups is 1. The second kappa shape index (κ2) is 9.76. The molecule has 1 aromatic carbocycles. The normalized spacial score (nSPS) is 11.3. The predicted octanol–water partition coefficient (Wildman–Crippen LogP) is 3.18. The van der Waals surface area contributed by atoms with Gasteiger partial charge in [-0.2, -0.15) is 0 Å². The summed E-state index contributed by atoms with van der Waals surface area (Å²) in [6.45, 7) is 6.65. The Labute approximate surface area is 132 Å². The van der Waals surface area contributed by atoms with Crippen molar-refractivity contribution in [3.8, 4) is 0 Å². The standard InChI is InChI=1S/C16H26N4O2/c1-4-6-12-19(3)16(17-11-5-2)18-13-14-7-9-15(10-8-14)20(21)22/h7-10H,4-6,11-13H2,1-3H3,(H,17,18). The molecule has 0 spiro atoms. The highest BCUT2D eigenvalue weighted by molar-refractivity contribution is 5.79. The monoisotopic (exact) mass is 306 g/mol. The van der Waals surface area contributed by atoms with Crippen LogP contribution in [-0.2, 0) is 6.54 Å². The summed E-state index contributed by atoms with van der Waals surface area (Å²) in [5.41, 5.74) is 1.07. The van der Waals surface area contributed by atoms with Crippen molar-refractivity contribution in [2.45, 2.75) is 39.7 Å². The molecule has 0 radical (unpaired) electrons. The van der Waals surface area contributed by atoms with Crippen LogP contribution in [0.3, 0.4) is 0 Å². The number of unbranched alkanes of at least 4 members (excludes halogenated alkanes) is 1. The Morgan fingerprint density at radius 2 is 1.95 bits per heavy atom. The van der Waals surface area contributed by atoms with E-state index in [1.807, 2.05) is 7.05 Å². The fourth-order valence-electron chi connectivity index (χ4n) is 1.94. The van der Waals surface area contributed by atoms with E-state index in [0.29, 0.717) is 6.54 Å². The highest BCUT2D eigenvalue weighted by atomic mass is 16.6. The van der Waals surface area contributed by atoms with Crippen LogP contribution in [0.1, 0.15) is 38.7 Å². The zero-order valence-electron chi connectivity index (χ0n) is 13.7. The van der Waals surface area contributed by atoms with Crippen molar-refractivity contribution in [3.05, 3.63) is 39.9 Å². The second-order valence-electron chi connectivity index (χ2n) is 5.27. The quantitative estimate of drug-likeness (QED) is 0.346. The van der Waals surface area contributed by atoms with E-state index in [4.69, 9.17) is 0 Å². The number of hydrogen-bond donors (Lipinski definition) is 1. The molecule has 1 aromatic rings. The predicted molar refractivity (Wildman–Crippen MR) is 90.1 cm³/mol. The van der Waals surface area contributed by atoms with Gasteiger partial charge in [-0.25, -0.2) is 4.99 Å². The molecule has 122 valence electrons. The van der Waals surface area contributed by atoms with Crippen LogP contribution in [-0.4, -0.2) is 35.9 Å². The zero-order valence-corrected chi connectivity index (χ0v) is 13.7. The SMILES string of the molecule is CCCCN(C)C(=NCc1ccc([N+](=O)[O-])cc1)NCCC. The maximum absolute atomic E-state index is 10.6. The maximum atomic E-state index is 10.6. The topological polar surface area (TPSA) is 70.8 Å². The average molecular weight is 306 g/mol. The highest BCUT2D eigenvalue weighted by Crippen LogP contribution is 2.12. The summed E-state index contributed by atoms with van der Waals surface area (Å²) in [6, 6.07) is 6.55. The Morgan fingerprint density at radius 1 is 1.27 bits per heavy atom. The van der Waals surface area contributed by atoms with Crippen LogP contribution in [0.15, 0.2) is 29.3 Å². The molecule has 1 rings (SSSR count). The Bertz CT molecular complexity index is 485. The van der Waals surface area contributed by atoms with Crippen LogP contribution < -0.4 is 5.32 Å². The third kappa shape index (κ3) is 6.11. The van der Waals surface area contributed by atoms with Gasteiger partial charge in [0.15, 0.2) is 5.96 Å². The van der Waals surface area contributed by atoms with Crippen LogP contribution in [0.4, 0.5) is 5.69 Å². The van der Waals surface area contributed by atoms with Crippen molar-refractivity contribution in [1.82, 2.24) is 10.2 Å². The summed E-state index contributed by atoms with van der Waals surface area (Å²) in [7, 11) is 2.03. The Balaban J connectivity index is 2.71. The fraction of sp³-hybridized carbons (Fsp3) is 0.562. The smallest absolute Gasteiger partial charge is 0.269 e. The number of nitro groups is 1. The van der Waals surface area contributed by atoms with Crippen molar-refractivity contribution in [3.63, 3.8) is 0 Å². The molecule has 0 aromatic heterocycles. The molecule has 0 aliphatic rings. The molecule has 0 aliphatic heterocycles. The third-order valence-electron chi connectivity index (χ3n) is 3.30. The lowest BCUT2D eigenvalue weighted by atomic mass is 10.2. The molecule has 6 nitrogen and oxygen atoms in total. The lowest BCUT2D eigenvalue weighted by Crippen LogP contribution is -2.39. The molecule has 0 bridgehead atoms. The van der Waals surface area contributed by atoms with Gasteiger partial charge < -0.3 is 10.2 Å². The van der Waals surface area contributed by atoms with E-state index in [9.17, 15) is 10.1 Å². The lowest BCUT2D eigenvalue weighted by molar-refractivity contribution is -0.384. The van der Waals surface area contributed by atoms with E-state index < -0.39 is 0 Å². The zero-order chi connectivity index (χ0) is 16.4. The summed E-state index contributed by atoms with van der Waals surface area (Å²) < 4.78 is 0. The number of hydrogen-bond acceptors (Lipinski definition) is 3. The van der Waals surface area contributed by atoms with Gasteiger partial charge in [0, 0.05) is 32.3 Å². The molecule has 22 heavy (non-hydrogen) atoms. The summed E-state index contributed by atoms with van der Waals surface area (Å²) >= 11 is 0. The van der Waals surface area contributed by atoms with Gasteiger partial charge in [0.25, 0.3) is 5.69 Å². The van der Waals surface area contributed by atoms with Crippen LogP contribution in [0.2, 0.25) is 0 Å². The highest BCUT2D eigenvalue weighted by Gasteiger charge is 2.06. The van der Waals surface area contributed by atoms with Crippen molar-refractivity contribution >= 4 is 11.6 Å². The Kier molecular flexibility index (Phi) is 7.96. The van der Waals surface area contributed by atoms with Gasteiger partial charge >= 0.3 is 0 Å². The Morgan fingerprint density at radius 3 is 2.50 bits per heavy atom. The van der Waals surface area contributed by atoms with E-state index in [1.165, 1.54) is 12.1 Å². The largest absolute Gasteiger partial charge is 0.356 e. The molecule has 0 heterocycles. The molecule has 6 heteroatoms. The molecule has 0 saturated heterocycles. The van der Waals surface area contributed by atoms with Crippen molar-refractivity contribution in [2.24, 2.45) is 4.99 Å². The minimum absolute atomic E-state index is 0.108. The molecule has 0 unspecified atom stereocenters. The second-order valence-corrected chi connectivity index (χ2v) is 5.27. The minimum atomic E-state index is -0.389. The molecule has 0 fully saturated rings. The minimum Gasteiger partial charge on any atom is -0.356 e. The van der Waals surface area contributed by atoms with E-state index in [-0.39, 0.29) is 10.6 Å². The third-order valence-corrected chi connectivity index (χ3v) is 3.30. The number of rotatable bonds is 8. The lowest BCUT2D eigenvalue weighted by Gasteiger charge is -2.22. The van der Waals surface area contributed by atoms with Gasteiger partial charge in [0.05, 0.1) is 11.5 Å². The molecule has 0 amide bonds. The van der Waals surface area contributed by atoms with Gasteiger partial charge in [-0.3, -0.25) is 10.1 Å². The molecular weight excluding hydrogens is 280 g/mol. The van der Waals surface area contributed by atoms with Gasteiger partial charge in [-0.1, -0.05) is 32.4 Å². The molecule has 0 aliphatic carbocycles. The Hall–Kier alpha value is -2.11. The molecular formula is C16H26N4O2. The van der Waals surface area contributed by atoms with Gasteiger partial charge in [-0.05, 0) is 18.4 Å². The van der Waals surface area contributed by atoms with Crippen molar-refractivity contribution < 1.29 is 4.92 Å². The van der Waals surface area contributed by atoms with Crippen LogP contribution >= 0.6 is 0 Å². The number of non-ortho nitro benzene ring substituents is 1. The summed E-state index contributed by atoms with van der Waals surface area (Å²) in [6.07, 6.45) is 3.31. The van der Waals surface area contributed by atoms with E-state index in [0.717, 1.165) is 43.9 Å². The van der Waals surface area contributed by atoms with E-state index in [2.05, 4.69) is 29.1 Å². The van der Waals surface area contributed by atoms with Gasteiger partial charge in [-0.15, -0.1) is 0 Å². The summed E-state index contributed by atoms with van der Waals surface area (Å²) in [5.74, 6) is 0.883. The summed E-state index contributed by atoms with van der Waals surface area (Å²) in [5, 5.41) is 14.0. The van der Waals surface area contributed by atoms with Crippen LogP contribution in [0, 0.1) is 10.1 Å². The number of nitrogens with zero attached hydrogens (tertiary/aromatic N) is 3. The number of nitrogens with one attached hydrogen (secondary N) is 1. The fourth-order valence-corrected chi connectivity index (χ4v) is 1.94. The summed E-state index contributed by atoms with van der Waals surface area (Å²) in [4.78, 5) is 17.0.